The van der Waals surface area contributed by atoms with E-state index < -0.39 is 11.9 Å². The van der Waals surface area contributed by atoms with E-state index >= 15 is 0 Å². The molecule has 3 amide bonds. The average molecular weight is 383 g/mol. The summed E-state index contributed by atoms with van der Waals surface area (Å²) in [6.45, 7) is 2.57. The van der Waals surface area contributed by atoms with Crippen LogP contribution in [0.1, 0.15) is 53.1 Å². The molecule has 10 nitrogen and oxygen atoms in total. The van der Waals surface area contributed by atoms with Gasteiger partial charge in [-0.25, -0.2) is 0 Å². The topological polar surface area (TPSA) is 146 Å². The van der Waals surface area contributed by atoms with Crippen LogP contribution in [0.3, 0.4) is 0 Å². The highest BCUT2D eigenvalue weighted by Crippen LogP contribution is 2.30. The molecule has 2 atom stereocenters. The normalized spacial score (nSPS) is 20.1. The number of imide groups is 1. The molecule has 2 aromatic rings. The summed E-state index contributed by atoms with van der Waals surface area (Å²) >= 11 is 0. The summed E-state index contributed by atoms with van der Waals surface area (Å²) in [6.07, 6.45) is 0.576. The number of anilines is 1. The molecule has 0 radical (unpaired) electrons. The van der Waals surface area contributed by atoms with Gasteiger partial charge in [0, 0.05) is 25.1 Å². The summed E-state index contributed by atoms with van der Waals surface area (Å²) in [5, 5.41) is 12.3. The summed E-state index contributed by atoms with van der Waals surface area (Å²) in [4.78, 5) is 42.2. The zero-order valence-corrected chi connectivity index (χ0v) is 15.4. The number of carbonyl (C=O) groups is 3. The van der Waals surface area contributed by atoms with Crippen LogP contribution < -0.4 is 16.4 Å². The third-order valence-corrected chi connectivity index (χ3v) is 5.05. The van der Waals surface area contributed by atoms with Crippen molar-refractivity contribution in [3.05, 3.63) is 40.7 Å². The Labute approximate surface area is 160 Å². The van der Waals surface area contributed by atoms with E-state index in [4.69, 9.17) is 5.73 Å². The maximum Gasteiger partial charge on any atom is 0.255 e. The van der Waals surface area contributed by atoms with Crippen molar-refractivity contribution in [3.63, 3.8) is 0 Å². The molecule has 1 aromatic heterocycles. The molecule has 2 aliphatic heterocycles. The van der Waals surface area contributed by atoms with Crippen LogP contribution in [0, 0.1) is 0 Å². The summed E-state index contributed by atoms with van der Waals surface area (Å²) in [5.41, 5.74) is 8.14. The van der Waals surface area contributed by atoms with Gasteiger partial charge in [-0.05, 0) is 30.5 Å². The highest BCUT2D eigenvalue weighted by molar-refractivity contribution is 6.05. The fraction of sp³-hybridized carbons (Fsp3) is 0.389. The maximum absolute atomic E-state index is 12.8. The van der Waals surface area contributed by atoms with Gasteiger partial charge in [-0.2, -0.15) is 4.98 Å². The molecule has 0 bridgehead atoms. The Morgan fingerprint density at radius 3 is 2.89 bits per heavy atom. The highest BCUT2D eigenvalue weighted by atomic mass is 16.2. The lowest BCUT2D eigenvalue weighted by Crippen LogP contribution is -2.52. The number of carbonyl (C=O) groups excluding carboxylic acids is 3. The van der Waals surface area contributed by atoms with E-state index in [1.54, 1.807) is 6.07 Å². The minimum Gasteiger partial charge on any atom is -0.349 e. The molecule has 4 rings (SSSR count). The predicted molar refractivity (Wildman–Crippen MR) is 98.8 cm³/mol. The minimum absolute atomic E-state index is 0.191. The Morgan fingerprint density at radius 1 is 1.36 bits per heavy atom. The first-order valence-electron chi connectivity index (χ1n) is 9.11. The van der Waals surface area contributed by atoms with Crippen LogP contribution >= 0.6 is 0 Å². The first-order chi connectivity index (χ1) is 13.4. The summed E-state index contributed by atoms with van der Waals surface area (Å²) in [6, 6.07) is 4.62. The number of nitrogens with one attached hydrogen (secondary N) is 3. The number of fused-ring (bicyclic) bond motifs is 1. The van der Waals surface area contributed by atoms with Gasteiger partial charge in [0.2, 0.25) is 17.8 Å². The third-order valence-electron chi connectivity index (χ3n) is 5.05. The molecular formula is C18H21N7O3. The molecule has 2 unspecified atom stereocenters. The fourth-order valence-electron chi connectivity index (χ4n) is 3.55. The average Bonchev–Trinajstić information content (AvgIpc) is 3.26. The number of H-pyrrole nitrogens is 1. The summed E-state index contributed by atoms with van der Waals surface area (Å²) < 4.78 is 0. The van der Waals surface area contributed by atoms with Gasteiger partial charge in [0.1, 0.15) is 11.9 Å². The van der Waals surface area contributed by atoms with Crippen LogP contribution in [0.4, 0.5) is 5.95 Å². The second kappa shape index (κ2) is 7.04. The minimum atomic E-state index is -0.625. The smallest absolute Gasteiger partial charge is 0.255 e. The Balaban J connectivity index is 1.51. The number of piperidine rings is 1. The standard InChI is InChI=1S/C18H21N7O3/c1-9(19)15-22-18(24-23-15)20-7-10-3-2-4-11-12(10)8-25(17(11)28)13-5-6-14(26)21-16(13)27/h2-4,9,13H,5-8,19H2,1H3,(H,21,26,27)(H2,20,22,23,24). The van der Waals surface area contributed by atoms with Crippen LogP contribution in [0.2, 0.25) is 0 Å². The molecule has 2 aliphatic rings. The van der Waals surface area contributed by atoms with Gasteiger partial charge in [-0.15, -0.1) is 5.10 Å². The number of nitrogens with two attached hydrogens (primary N) is 1. The maximum atomic E-state index is 12.8. The number of aromatic nitrogens is 3. The second-order valence-corrected chi connectivity index (χ2v) is 7.03. The van der Waals surface area contributed by atoms with Crippen LogP contribution in [0.5, 0.6) is 0 Å². The number of hydrogen-bond donors (Lipinski definition) is 4. The third kappa shape index (κ3) is 3.22. The number of nitrogens with zero attached hydrogens (tertiary/aromatic N) is 3. The Morgan fingerprint density at radius 2 is 2.18 bits per heavy atom. The van der Waals surface area contributed by atoms with E-state index in [1.165, 1.54) is 4.90 Å². The molecule has 146 valence electrons. The van der Waals surface area contributed by atoms with Crippen molar-refractivity contribution in [1.29, 1.82) is 0 Å². The van der Waals surface area contributed by atoms with Crippen molar-refractivity contribution in [2.24, 2.45) is 5.73 Å². The van der Waals surface area contributed by atoms with Gasteiger partial charge in [-0.3, -0.25) is 24.8 Å². The van der Waals surface area contributed by atoms with Crippen molar-refractivity contribution < 1.29 is 14.4 Å². The van der Waals surface area contributed by atoms with Gasteiger partial charge >= 0.3 is 0 Å². The van der Waals surface area contributed by atoms with Crippen molar-refractivity contribution >= 4 is 23.7 Å². The van der Waals surface area contributed by atoms with Gasteiger partial charge in [0.05, 0.1) is 6.04 Å². The molecule has 0 saturated carbocycles. The lowest BCUT2D eigenvalue weighted by molar-refractivity contribution is -0.136. The Hall–Kier alpha value is -3.27. The van der Waals surface area contributed by atoms with Gasteiger partial charge < -0.3 is 16.0 Å². The molecule has 1 saturated heterocycles. The van der Waals surface area contributed by atoms with Crippen molar-refractivity contribution in [1.82, 2.24) is 25.4 Å². The Bertz CT molecular complexity index is 952. The van der Waals surface area contributed by atoms with Crippen molar-refractivity contribution in [2.45, 2.75) is 44.9 Å². The molecular weight excluding hydrogens is 362 g/mol. The quantitative estimate of drug-likeness (QED) is 0.539. The Kier molecular flexibility index (Phi) is 4.55. The lowest BCUT2D eigenvalue weighted by Gasteiger charge is -2.29. The molecule has 1 aromatic carbocycles. The first kappa shape index (κ1) is 18.1. The van der Waals surface area contributed by atoms with E-state index in [-0.39, 0.29) is 24.3 Å². The zero-order valence-electron chi connectivity index (χ0n) is 15.4. The number of benzene rings is 1. The summed E-state index contributed by atoms with van der Waals surface area (Å²) in [7, 11) is 0. The van der Waals surface area contributed by atoms with Crippen LogP contribution in [-0.4, -0.2) is 43.8 Å². The molecule has 5 N–H and O–H groups in total. The number of rotatable bonds is 5. The number of aromatic amines is 1. The SMILES string of the molecule is CC(N)c1nc(NCc2cccc3c2CN(C2CCC(=O)NC2=O)C3=O)n[nH]1. The van der Waals surface area contributed by atoms with Crippen LogP contribution in [-0.2, 0) is 22.7 Å². The summed E-state index contributed by atoms with van der Waals surface area (Å²) in [5.74, 6) is 0.106. The molecule has 0 spiro atoms. The molecule has 28 heavy (non-hydrogen) atoms. The van der Waals surface area contributed by atoms with E-state index in [1.807, 2.05) is 19.1 Å². The zero-order chi connectivity index (χ0) is 19.8. The van der Waals surface area contributed by atoms with Gasteiger partial charge in [0.15, 0.2) is 0 Å². The van der Waals surface area contributed by atoms with E-state index in [2.05, 4.69) is 25.8 Å². The monoisotopic (exact) mass is 383 g/mol. The van der Waals surface area contributed by atoms with Crippen molar-refractivity contribution in [2.75, 3.05) is 5.32 Å². The lowest BCUT2D eigenvalue weighted by atomic mass is 10.0. The molecule has 0 aliphatic carbocycles. The van der Waals surface area contributed by atoms with Crippen LogP contribution in [0.25, 0.3) is 0 Å². The predicted octanol–water partition coefficient (Wildman–Crippen LogP) is 0.198. The van der Waals surface area contributed by atoms with E-state index in [0.29, 0.717) is 36.8 Å². The highest BCUT2D eigenvalue weighted by Gasteiger charge is 2.39. The van der Waals surface area contributed by atoms with E-state index in [0.717, 1.165) is 11.1 Å². The molecule has 1 fully saturated rings. The fourth-order valence-corrected chi connectivity index (χ4v) is 3.55. The largest absolute Gasteiger partial charge is 0.349 e. The number of amides is 3. The van der Waals surface area contributed by atoms with Gasteiger partial charge in [-0.1, -0.05) is 12.1 Å². The van der Waals surface area contributed by atoms with Gasteiger partial charge in [0.25, 0.3) is 5.91 Å². The molecule has 10 heteroatoms. The number of hydrogen-bond acceptors (Lipinski definition) is 7. The van der Waals surface area contributed by atoms with E-state index in [9.17, 15) is 14.4 Å². The second-order valence-electron chi connectivity index (χ2n) is 7.03. The first-order valence-corrected chi connectivity index (χ1v) is 9.11. The molecule has 3 heterocycles. The van der Waals surface area contributed by atoms with Crippen LogP contribution in [0.15, 0.2) is 18.2 Å². The van der Waals surface area contributed by atoms with Crippen molar-refractivity contribution in [3.8, 4) is 0 Å².